The number of nitrogens with zero attached hydrogens (tertiary/aromatic N) is 1. The predicted octanol–water partition coefficient (Wildman–Crippen LogP) is 4.24. The fourth-order valence-corrected chi connectivity index (χ4v) is 4.59. The lowest BCUT2D eigenvalue weighted by atomic mass is 10.1. The highest BCUT2D eigenvalue weighted by molar-refractivity contribution is 7.92. The number of carbonyl (C=O) groups excluding carboxylic acids is 1. The highest BCUT2D eigenvalue weighted by atomic mass is 35.5. The van der Waals surface area contributed by atoms with Crippen LogP contribution < -0.4 is 19.1 Å². The van der Waals surface area contributed by atoms with Crippen molar-refractivity contribution in [3.8, 4) is 11.5 Å². The minimum absolute atomic E-state index is 0.155. The number of hydrogen-bond acceptors (Lipinski definition) is 5. The van der Waals surface area contributed by atoms with E-state index < -0.39 is 10.0 Å². The average molecular weight is 491 g/mol. The summed E-state index contributed by atoms with van der Waals surface area (Å²) in [5, 5.41) is 5.34. The summed E-state index contributed by atoms with van der Waals surface area (Å²) in [5.41, 5.74) is 0.424. The molecule has 0 radical (unpaired) electrons. The quantitative estimate of drug-likeness (QED) is 0.406. The molecule has 0 spiro atoms. The number of ether oxygens (including phenoxy) is 2. The molecular weight excluding hydrogens is 464 g/mol. The molecule has 176 valence electrons. The summed E-state index contributed by atoms with van der Waals surface area (Å²) in [6, 6.07) is 18.6. The van der Waals surface area contributed by atoms with Gasteiger partial charge in [0, 0.05) is 13.0 Å². The standard InChI is InChI=1S/C24H27ClN2O5S/c1-31-23-12-10-20(17-22(23)25)27(33(2,29)30)14-5-8-24(28)26-13-15-32-21-11-9-18-6-3-4-7-19(18)16-21/h3-4,6-7,9-12,16-17H,5,8,13-15H2,1-2H3,(H,26,28). The van der Waals surface area contributed by atoms with Crippen LogP contribution in [0.5, 0.6) is 11.5 Å². The molecule has 0 aliphatic carbocycles. The smallest absolute Gasteiger partial charge is 0.232 e. The molecule has 3 aromatic carbocycles. The number of fused-ring (bicyclic) bond motifs is 1. The second-order valence-corrected chi connectivity index (χ2v) is 9.78. The van der Waals surface area contributed by atoms with Crippen LogP contribution >= 0.6 is 11.6 Å². The van der Waals surface area contributed by atoms with E-state index in [1.165, 1.54) is 17.5 Å². The van der Waals surface area contributed by atoms with E-state index in [0.717, 1.165) is 22.8 Å². The van der Waals surface area contributed by atoms with E-state index in [0.29, 0.717) is 36.0 Å². The van der Waals surface area contributed by atoms with Gasteiger partial charge in [-0.3, -0.25) is 9.10 Å². The van der Waals surface area contributed by atoms with Crippen LogP contribution in [0.1, 0.15) is 12.8 Å². The lowest BCUT2D eigenvalue weighted by Crippen LogP contribution is -2.32. The van der Waals surface area contributed by atoms with Crippen LogP contribution in [0, 0.1) is 0 Å². The van der Waals surface area contributed by atoms with Crippen LogP contribution in [-0.2, 0) is 14.8 Å². The predicted molar refractivity (Wildman–Crippen MR) is 132 cm³/mol. The van der Waals surface area contributed by atoms with Gasteiger partial charge in [0.2, 0.25) is 15.9 Å². The van der Waals surface area contributed by atoms with E-state index in [2.05, 4.69) is 5.32 Å². The lowest BCUT2D eigenvalue weighted by molar-refractivity contribution is -0.121. The Kier molecular flexibility index (Phi) is 8.41. The normalized spacial score (nSPS) is 11.2. The lowest BCUT2D eigenvalue weighted by Gasteiger charge is -2.23. The highest BCUT2D eigenvalue weighted by Gasteiger charge is 2.19. The molecule has 1 N–H and O–H groups in total. The first-order chi connectivity index (χ1) is 15.8. The number of methoxy groups -OCH3 is 1. The van der Waals surface area contributed by atoms with Crippen LogP contribution in [-0.4, -0.2) is 47.4 Å². The molecule has 0 saturated heterocycles. The van der Waals surface area contributed by atoms with Crippen molar-refractivity contribution < 1.29 is 22.7 Å². The zero-order valence-electron chi connectivity index (χ0n) is 18.6. The minimum atomic E-state index is -3.54. The second kappa shape index (κ2) is 11.2. The molecule has 0 heterocycles. The molecule has 1 amide bonds. The largest absolute Gasteiger partial charge is 0.495 e. The zero-order valence-corrected chi connectivity index (χ0v) is 20.2. The van der Waals surface area contributed by atoms with Gasteiger partial charge in [0.05, 0.1) is 30.6 Å². The number of rotatable bonds is 11. The monoisotopic (exact) mass is 490 g/mol. The van der Waals surface area contributed by atoms with Crippen molar-refractivity contribution in [1.29, 1.82) is 0 Å². The Hall–Kier alpha value is -2.97. The van der Waals surface area contributed by atoms with Gasteiger partial charge >= 0.3 is 0 Å². The molecule has 33 heavy (non-hydrogen) atoms. The Labute approximate surface area is 199 Å². The molecular formula is C24H27ClN2O5S. The van der Waals surface area contributed by atoms with E-state index in [1.54, 1.807) is 12.1 Å². The summed E-state index contributed by atoms with van der Waals surface area (Å²) in [5.74, 6) is 1.03. The van der Waals surface area contributed by atoms with Gasteiger partial charge in [-0.2, -0.15) is 0 Å². The zero-order chi connectivity index (χ0) is 23.8. The highest BCUT2D eigenvalue weighted by Crippen LogP contribution is 2.30. The molecule has 0 atom stereocenters. The summed E-state index contributed by atoms with van der Waals surface area (Å²) in [4.78, 5) is 12.2. The van der Waals surface area contributed by atoms with Crippen molar-refractivity contribution in [1.82, 2.24) is 5.32 Å². The number of sulfonamides is 1. The van der Waals surface area contributed by atoms with Crippen LogP contribution in [0.25, 0.3) is 10.8 Å². The van der Waals surface area contributed by atoms with Gasteiger partial charge < -0.3 is 14.8 Å². The number of carbonyl (C=O) groups is 1. The SMILES string of the molecule is COc1ccc(N(CCCC(=O)NCCOc2ccc3ccccc3c2)S(C)(=O)=O)cc1Cl. The maximum absolute atomic E-state index is 12.2. The number of anilines is 1. The number of benzene rings is 3. The number of halogens is 1. The summed E-state index contributed by atoms with van der Waals surface area (Å²) in [6.07, 6.45) is 1.66. The van der Waals surface area contributed by atoms with Gasteiger partial charge in [0.25, 0.3) is 0 Å². The van der Waals surface area contributed by atoms with Crippen LogP contribution in [0.15, 0.2) is 60.7 Å². The molecule has 0 fully saturated rings. The van der Waals surface area contributed by atoms with Crippen molar-refractivity contribution >= 4 is 44.0 Å². The van der Waals surface area contributed by atoms with Crippen molar-refractivity contribution in [2.75, 3.05) is 37.4 Å². The average Bonchev–Trinajstić information content (AvgIpc) is 2.78. The summed E-state index contributed by atoms with van der Waals surface area (Å²) < 4.78 is 36.5. The van der Waals surface area contributed by atoms with Crippen molar-refractivity contribution in [3.05, 3.63) is 65.7 Å². The molecule has 9 heteroatoms. The Bertz CT molecular complexity index is 1220. The summed E-state index contributed by atoms with van der Waals surface area (Å²) >= 11 is 6.13. The molecule has 0 unspecified atom stereocenters. The van der Waals surface area contributed by atoms with Crippen molar-refractivity contribution in [3.63, 3.8) is 0 Å². The fourth-order valence-electron chi connectivity index (χ4n) is 3.38. The Balaban J connectivity index is 1.44. The molecule has 0 saturated carbocycles. The molecule has 3 rings (SSSR count). The van der Waals surface area contributed by atoms with Crippen LogP contribution in [0.3, 0.4) is 0 Å². The van der Waals surface area contributed by atoms with E-state index in [1.807, 2.05) is 42.5 Å². The third-order valence-electron chi connectivity index (χ3n) is 5.00. The van der Waals surface area contributed by atoms with Gasteiger partial charge in [-0.25, -0.2) is 8.42 Å². The van der Waals surface area contributed by atoms with Gasteiger partial charge in [-0.15, -0.1) is 0 Å². The molecule has 0 bridgehead atoms. The summed E-state index contributed by atoms with van der Waals surface area (Å²) in [7, 11) is -2.05. The van der Waals surface area contributed by atoms with E-state index in [4.69, 9.17) is 21.1 Å². The van der Waals surface area contributed by atoms with E-state index >= 15 is 0 Å². The van der Waals surface area contributed by atoms with Gasteiger partial charge in [-0.05, 0) is 47.5 Å². The first-order valence-corrected chi connectivity index (χ1v) is 12.7. The second-order valence-electron chi connectivity index (χ2n) is 7.46. The molecule has 3 aromatic rings. The van der Waals surface area contributed by atoms with E-state index in [9.17, 15) is 13.2 Å². The van der Waals surface area contributed by atoms with Gasteiger partial charge in [0.15, 0.2) is 0 Å². The topological polar surface area (TPSA) is 84.9 Å². The Morgan fingerprint density at radius 2 is 1.82 bits per heavy atom. The number of amides is 1. The minimum Gasteiger partial charge on any atom is -0.495 e. The summed E-state index contributed by atoms with van der Waals surface area (Å²) in [6.45, 7) is 0.849. The van der Waals surface area contributed by atoms with Crippen LogP contribution in [0.4, 0.5) is 5.69 Å². The van der Waals surface area contributed by atoms with Gasteiger partial charge in [0.1, 0.15) is 18.1 Å². The molecule has 0 aromatic heterocycles. The van der Waals surface area contributed by atoms with Crippen molar-refractivity contribution in [2.45, 2.75) is 12.8 Å². The van der Waals surface area contributed by atoms with Crippen molar-refractivity contribution in [2.24, 2.45) is 0 Å². The first-order valence-electron chi connectivity index (χ1n) is 10.5. The Morgan fingerprint density at radius 1 is 1.06 bits per heavy atom. The third-order valence-corrected chi connectivity index (χ3v) is 6.49. The maximum atomic E-state index is 12.2. The maximum Gasteiger partial charge on any atom is 0.232 e. The molecule has 0 aliphatic heterocycles. The molecule has 0 aliphatic rings. The Morgan fingerprint density at radius 3 is 2.52 bits per heavy atom. The first kappa shape index (κ1) is 24.7. The fraction of sp³-hybridized carbons (Fsp3) is 0.292. The van der Waals surface area contributed by atoms with Gasteiger partial charge in [-0.1, -0.05) is 41.9 Å². The number of hydrogen-bond donors (Lipinski definition) is 1. The van der Waals surface area contributed by atoms with Crippen LogP contribution in [0.2, 0.25) is 5.02 Å². The molecule has 7 nitrogen and oxygen atoms in total. The third kappa shape index (κ3) is 7.00. The van der Waals surface area contributed by atoms with E-state index in [-0.39, 0.29) is 18.9 Å². The number of nitrogens with one attached hydrogen (secondary N) is 1.